The second-order valence-corrected chi connectivity index (χ2v) is 10.9. The Morgan fingerprint density at radius 3 is 2.49 bits per heavy atom. The number of nitrogens with zero attached hydrogens (tertiary/aromatic N) is 2. The zero-order chi connectivity index (χ0) is 27.2. The number of hydrogen-bond acceptors (Lipinski definition) is 6. The van der Waals surface area contributed by atoms with Gasteiger partial charge < -0.3 is 15.5 Å². The van der Waals surface area contributed by atoms with E-state index in [0.717, 1.165) is 48.8 Å². The predicted molar refractivity (Wildman–Crippen MR) is 163 cm³/mol. The molecule has 1 aromatic heterocycles. The average molecular weight is 545 g/mol. The molecule has 1 aliphatic rings. The number of benzene rings is 1. The Hall–Kier alpha value is -2.16. The first kappa shape index (κ1) is 31.1. The molecule has 0 spiro atoms. The Kier molecular flexibility index (Phi) is 14.0. The zero-order valence-electron chi connectivity index (χ0n) is 23.0. The molecule has 2 N–H and O–H groups in total. The maximum absolute atomic E-state index is 13.4. The Balaban J connectivity index is 0.000000877. The molecule has 1 unspecified atom stereocenters. The molecule has 1 atom stereocenters. The fourth-order valence-corrected chi connectivity index (χ4v) is 5.57. The second kappa shape index (κ2) is 16.6. The third-order valence-electron chi connectivity index (χ3n) is 6.54. The summed E-state index contributed by atoms with van der Waals surface area (Å²) < 4.78 is 1.21. The molecule has 37 heavy (non-hydrogen) atoms. The number of thiophene rings is 1. The minimum atomic E-state index is -0.451. The summed E-state index contributed by atoms with van der Waals surface area (Å²) in [5, 5.41) is 10.9. The molecule has 1 fully saturated rings. The van der Waals surface area contributed by atoms with E-state index < -0.39 is 6.04 Å². The number of thiol groups is 1. The molecular weight excluding hydrogens is 500 g/mol. The molecular formula is C29H44N4O2S2. The van der Waals surface area contributed by atoms with Crippen LogP contribution in [-0.2, 0) is 9.59 Å². The standard InChI is InChI=1S/C25H33N3O2S2.C4H11N/c1-3-14-28(25(30)24(27-18(2)29)19-9-5-4-6-10-19)15-13-26-22(16-31)21-17-32-23-12-8-7-11-20(21)23;1-4(2)5-3/h7-8,11-13,16-17,19,24,31H,3-6,9-10,14-15H2,1-2H3,(H,27,29);4-5H,1-3H3/b22-16-,26-13?;. The van der Waals surface area contributed by atoms with Crippen LogP contribution in [0.4, 0.5) is 0 Å². The smallest absolute Gasteiger partial charge is 0.245 e. The van der Waals surface area contributed by atoms with Crippen LogP contribution in [0.3, 0.4) is 0 Å². The van der Waals surface area contributed by atoms with Gasteiger partial charge >= 0.3 is 0 Å². The van der Waals surface area contributed by atoms with E-state index in [1.165, 1.54) is 18.0 Å². The van der Waals surface area contributed by atoms with Crippen LogP contribution >= 0.6 is 24.0 Å². The van der Waals surface area contributed by atoms with Gasteiger partial charge in [0.25, 0.3) is 0 Å². The van der Waals surface area contributed by atoms with E-state index >= 15 is 0 Å². The number of aliphatic imine (C=N–C) groups is 1. The highest BCUT2D eigenvalue weighted by Crippen LogP contribution is 2.32. The predicted octanol–water partition coefficient (Wildman–Crippen LogP) is 6.14. The number of nitrogens with one attached hydrogen (secondary N) is 2. The number of carbonyl (C=O) groups excluding carboxylic acids is 2. The van der Waals surface area contributed by atoms with Crippen molar-refractivity contribution in [2.45, 2.75) is 78.3 Å². The molecule has 0 radical (unpaired) electrons. The third-order valence-corrected chi connectivity index (χ3v) is 7.75. The van der Waals surface area contributed by atoms with E-state index in [1.807, 2.05) is 24.1 Å². The van der Waals surface area contributed by atoms with Crippen molar-refractivity contribution in [3.63, 3.8) is 0 Å². The fraction of sp³-hybridized carbons (Fsp3) is 0.552. The molecule has 1 aromatic carbocycles. The highest BCUT2D eigenvalue weighted by atomic mass is 32.1. The van der Waals surface area contributed by atoms with Crippen molar-refractivity contribution in [3.05, 3.63) is 40.6 Å². The first-order valence-corrected chi connectivity index (χ1v) is 14.8. The van der Waals surface area contributed by atoms with Crippen LogP contribution in [0.15, 0.2) is 40.0 Å². The van der Waals surface area contributed by atoms with Crippen molar-refractivity contribution in [1.82, 2.24) is 15.5 Å². The molecule has 204 valence electrons. The van der Waals surface area contributed by atoms with E-state index in [4.69, 9.17) is 0 Å². The molecule has 1 aliphatic carbocycles. The maximum Gasteiger partial charge on any atom is 0.245 e. The summed E-state index contributed by atoms with van der Waals surface area (Å²) in [5.41, 5.74) is 1.82. The molecule has 0 bridgehead atoms. The van der Waals surface area contributed by atoms with Crippen LogP contribution < -0.4 is 10.6 Å². The highest BCUT2D eigenvalue weighted by Gasteiger charge is 2.32. The molecule has 8 heteroatoms. The van der Waals surface area contributed by atoms with Crippen LogP contribution in [0.25, 0.3) is 15.8 Å². The van der Waals surface area contributed by atoms with Crippen molar-refractivity contribution in [3.8, 4) is 0 Å². The van der Waals surface area contributed by atoms with Gasteiger partial charge in [0, 0.05) is 46.8 Å². The molecule has 3 rings (SSSR count). The lowest BCUT2D eigenvalue weighted by Gasteiger charge is -2.33. The van der Waals surface area contributed by atoms with Gasteiger partial charge in [-0.1, -0.05) is 58.2 Å². The van der Waals surface area contributed by atoms with Gasteiger partial charge in [0.2, 0.25) is 11.8 Å². The summed E-state index contributed by atoms with van der Waals surface area (Å²) in [6, 6.07) is 8.42. The Bertz CT molecular complexity index is 1040. The SMILES string of the molecule is CCCN(CC=N/C(=C\S)c1csc2ccccc12)C(=O)C(NC(C)=O)C1CCCCC1.CNC(C)C. The molecule has 1 heterocycles. The van der Waals surface area contributed by atoms with Crippen molar-refractivity contribution in [2.24, 2.45) is 10.9 Å². The van der Waals surface area contributed by atoms with Gasteiger partial charge in [-0.05, 0) is 43.7 Å². The van der Waals surface area contributed by atoms with Crippen LogP contribution in [0.2, 0.25) is 0 Å². The van der Waals surface area contributed by atoms with Gasteiger partial charge in [-0.2, -0.15) is 0 Å². The summed E-state index contributed by atoms with van der Waals surface area (Å²) in [6.45, 7) is 8.81. The lowest BCUT2D eigenvalue weighted by atomic mass is 9.83. The number of fused-ring (bicyclic) bond motifs is 1. The van der Waals surface area contributed by atoms with Gasteiger partial charge in [-0.15, -0.1) is 24.0 Å². The van der Waals surface area contributed by atoms with Crippen molar-refractivity contribution in [2.75, 3.05) is 20.1 Å². The average Bonchev–Trinajstić information content (AvgIpc) is 3.33. The number of carbonyl (C=O) groups is 2. The Labute approximate surface area is 232 Å². The lowest BCUT2D eigenvalue weighted by Crippen LogP contribution is -2.52. The molecule has 2 aromatic rings. The molecule has 0 aliphatic heterocycles. The molecule has 1 saturated carbocycles. The molecule has 2 amide bonds. The van der Waals surface area contributed by atoms with Crippen molar-refractivity contribution >= 4 is 57.8 Å². The molecule has 6 nitrogen and oxygen atoms in total. The fourth-order valence-electron chi connectivity index (χ4n) is 4.41. The van der Waals surface area contributed by atoms with E-state index in [2.05, 4.69) is 66.5 Å². The van der Waals surface area contributed by atoms with Gasteiger partial charge in [0.15, 0.2) is 0 Å². The van der Waals surface area contributed by atoms with Crippen molar-refractivity contribution in [1.29, 1.82) is 0 Å². The maximum atomic E-state index is 13.4. The summed E-state index contributed by atoms with van der Waals surface area (Å²) in [6.07, 6.45) is 8.06. The monoisotopic (exact) mass is 544 g/mol. The van der Waals surface area contributed by atoms with Gasteiger partial charge in [0.05, 0.1) is 12.2 Å². The van der Waals surface area contributed by atoms with Gasteiger partial charge in [0.1, 0.15) is 6.04 Å². The second-order valence-electron chi connectivity index (χ2n) is 9.78. The van der Waals surface area contributed by atoms with Gasteiger partial charge in [-0.3, -0.25) is 14.6 Å². The summed E-state index contributed by atoms with van der Waals surface area (Å²) in [5.74, 6) is 0.0583. The van der Waals surface area contributed by atoms with Crippen LogP contribution in [0.5, 0.6) is 0 Å². The van der Waals surface area contributed by atoms with E-state index in [-0.39, 0.29) is 17.7 Å². The lowest BCUT2D eigenvalue weighted by molar-refractivity contribution is -0.137. The Morgan fingerprint density at radius 1 is 1.22 bits per heavy atom. The number of rotatable bonds is 10. The largest absolute Gasteiger partial charge is 0.344 e. The quantitative estimate of drug-likeness (QED) is 0.249. The first-order chi connectivity index (χ1) is 17.8. The van der Waals surface area contributed by atoms with Crippen molar-refractivity contribution < 1.29 is 9.59 Å². The normalized spacial score (nSPS) is 15.5. The summed E-state index contributed by atoms with van der Waals surface area (Å²) in [7, 11) is 1.95. The number of hydrogen-bond donors (Lipinski definition) is 3. The van der Waals surface area contributed by atoms with Crippen LogP contribution in [-0.4, -0.2) is 55.1 Å². The van der Waals surface area contributed by atoms with Crippen LogP contribution in [0, 0.1) is 5.92 Å². The molecule has 0 saturated heterocycles. The third kappa shape index (κ3) is 9.91. The topological polar surface area (TPSA) is 73.8 Å². The number of amides is 2. The van der Waals surface area contributed by atoms with E-state index in [9.17, 15) is 9.59 Å². The minimum Gasteiger partial charge on any atom is -0.344 e. The van der Waals surface area contributed by atoms with Gasteiger partial charge in [-0.25, -0.2) is 0 Å². The van der Waals surface area contributed by atoms with E-state index in [0.29, 0.717) is 19.1 Å². The summed E-state index contributed by atoms with van der Waals surface area (Å²) in [4.78, 5) is 31.8. The Morgan fingerprint density at radius 2 is 1.89 bits per heavy atom. The first-order valence-electron chi connectivity index (χ1n) is 13.4. The summed E-state index contributed by atoms with van der Waals surface area (Å²) >= 11 is 6.06. The minimum absolute atomic E-state index is 0.00205. The highest BCUT2D eigenvalue weighted by molar-refractivity contribution is 7.83. The van der Waals surface area contributed by atoms with E-state index in [1.54, 1.807) is 23.0 Å². The zero-order valence-corrected chi connectivity index (χ0v) is 24.7. The van der Waals surface area contributed by atoms with Crippen LogP contribution in [0.1, 0.15) is 71.8 Å².